The van der Waals surface area contributed by atoms with E-state index in [2.05, 4.69) is 0 Å². The molecular formula is C22H29N3O4. The zero-order valence-electron chi connectivity index (χ0n) is 17.0. The summed E-state index contributed by atoms with van der Waals surface area (Å²) in [4.78, 5) is 44.2. The van der Waals surface area contributed by atoms with Crippen LogP contribution >= 0.6 is 0 Å². The van der Waals surface area contributed by atoms with Gasteiger partial charge in [-0.2, -0.15) is 0 Å². The monoisotopic (exact) mass is 399 g/mol. The fraction of sp³-hybridized carbons (Fsp3) is 0.591. The molecule has 156 valence electrons. The van der Waals surface area contributed by atoms with Crippen molar-refractivity contribution in [3.05, 3.63) is 35.9 Å². The summed E-state index contributed by atoms with van der Waals surface area (Å²) in [6, 6.07) is 9.45. The van der Waals surface area contributed by atoms with Crippen molar-refractivity contribution >= 4 is 17.7 Å². The summed E-state index contributed by atoms with van der Waals surface area (Å²) in [6.07, 6.45) is 3.84. The first-order valence-corrected chi connectivity index (χ1v) is 10.5. The van der Waals surface area contributed by atoms with E-state index in [-0.39, 0.29) is 48.9 Å². The lowest BCUT2D eigenvalue weighted by molar-refractivity contribution is -0.151. The molecule has 3 saturated heterocycles. The van der Waals surface area contributed by atoms with E-state index in [0.717, 1.165) is 31.5 Å². The quantitative estimate of drug-likeness (QED) is 0.768. The number of fused-ring (bicyclic) bond motifs is 1. The van der Waals surface area contributed by atoms with E-state index in [0.29, 0.717) is 13.0 Å². The molecule has 4 rings (SSSR count). The van der Waals surface area contributed by atoms with Crippen LogP contribution in [0.3, 0.4) is 0 Å². The summed E-state index contributed by atoms with van der Waals surface area (Å²) >= 11 is 0. The highest BCUT2D eigenvalue weighted by Gasteiger charge is 2.51. The van der Waals surface area contributed by atoms with Gasteiger partial charge in [0, 0.05) is 26.7 Å². The maximum Gasteiger partial charge on any atom is 0.249 e. The normalized spacial score (nSPS) is 27.1. The lowest BCUT2D eigenvalue weighted by atomic mass is 9.91. The van der Waals surface area contributed by atoms with E-state index in [1.54, 1.807) is 4.90 Å². The van der Waals surface area contributed by atoms with E-state index in [1.807, 2.05) is 40.1 Å². The molecule has 3 atom stereocenters. The second-order valence-electron chi connectivity index (χ2n) is 8.25. The molecule has 3 amide bonds. The maximum absolute atomic E-state index is 13.4. The van der Waals surface area contributed by atoms with Crippen molar-refractivity contribution in [2.45, 2.75) is 37.8 Å². The Kier molecular flexibility index (Phi) is 5.85. The Balaban J connectivity index is 1.62. The van der Waals surface area contributed by atoms with Gasteiger partial charge in [-0.1, -0.05) is 30.3 Å². The maximum atomic E-state index is 13.4. The summed E-state index contributed by atoms with van der Waals surface area (Å²) in [5, 5.41) is 0. The first kappa shape index (κ1) is 19.9. The lowest BCUT2D eigenvalue weighted by Crippen LogP contribution is -2.56. The van der Waals surface area contributed by atoms with E-state index >= 15 is 0 Å². The molecule has 1 aromatic rings. The van der Waals surface area contributed by atoms with Crippen LogP contribution in [0.5, 0.6) is 0 Å². The van der Waals surface area contributed by atoms with Gasteiger partial charge in [0.25, 0.3) is 0 Å². The van der Waals surface area contributed by atoms with Gasteiger partial charge in [0.1, 0.15) is 6.61 Å². The Bertz CT molecular complexity index is 763. The molecule has 29 heavy (non-hydrogen) atoms. The molecule has 0 unspecified atom stereocenters. The number of carbonyl (C=O) groups excluding carboxylic acids is 3. The predicted octanol–water partition coefficient (Wildman–Crippen LogP) is 1.45. The minimum atomic E-state index is -0.262. The van der Waals surface area contributed by atoms with E-state index in [9.17, 15) is 14.4 Å². The summed E-state index contributed by atoms with van der Waals surface area (Å²) in [6.45, 7) is 2.08. The average molecular weight is 399 g/mol. The molecule has 3 aliphatic rings. The lowest BCUT2D eigenvalue weighted by Gasteiger charge is -2.40. The van der Waals surface area contributed by atoms with Crippen LogP contribution in [0, 0.1) is 5.92 Å². The van der Waals surface area contributed by atoms with Gasteiger partial charge in [-0.05, 0) is 31.2 Å². The second kappa shape index (κ2) is 8.53. The molecule has 0 radical (unpaired) electrons. The summed E-state index contributed by atoms with van der Waals surface area (Å²) in [7, 11) is 1.48. The van der Waals surface area contributed by atoms with Crippen LogP contribution in [0.15, 0.2) is 30.3 Å². The minimum absolute atomic E-state index is 0.0295. The van der Waals surface area contributed by atoms with Crippen molar-refractivity contribution in [1.29, 1.82) is 0 Å². The Morgan fingerprint density at radius 2 is 1.79 bits per heavy atom. The fourth-order valence-corrected chi connectivity index (χ4v) is 5.07. The number of piperazine rings is 1. The molecule has 3 heterocycles. The molecule has 0 N–H and O–H groups in total. The number of ether oxygens (including phenoxy) is 1. The Hall–Kier alpha value is -2.41. The largest absolute Gasteiger partial charge is 0.375 e. The van der Waals surface area contributed by atoms with Crippen LogP contribution in [0.2, 0.25) is 0 Å². The molecular weight excluding hydrogens is 370 g/mol. The molecule has 7 heteroatoms. The van der Waals surface area contributed by atoms with Crippen molar-refractivity contribution in [2.24, 2.45) is 5.92 Å². The third-order valence-electron chi connectivity index (χ3n) is 6.39. The Morgan fingerprint density at radius 3 is 2.48 bits per heavy atom. The van der Waals surface area contributed by atoms with Crippen LogP contribution in [-0.2, 0) is 19.1 Å². The molecule has 0 spiro atoms. The highest BCUT2D eigenvalue weighted by Crippen LogP contribution is 2.44. The standard InChI is InChI=1S/C22H29N3O4/c1-29-15-20(27)24-13-17-12-18(22(28)23-10-6-3-7-11-23)21(25(17)19(26)14-24)16-8-4-2-5-9-16/h2,4-5,8-9,17-18,21H,3,6-7,10-15H2,1H3/t17-,18-,21-/m1/s1. The van der Waals surface area contributed by atoms with Crippen LogP contribution < -0.4 is 0 Å². The van der Waals surface area contributed by atoms with Gasteiger partial charge in [0.15, 0.2) is 0 Å². The van der Waals surface area contributed by atoms with E-state index in [1.165, 1.54) is 13.5 Å². The number of methoxy groups -OCH3 is 1. The van der Waals surface area contributed by atoms with Crippen molar-refractivity contribution < 1.29 is 19.1 Å². The average Bonchev–Trinajstić information content (AvgIpc) is 3.14. The highest BCUT2D eigenvalue weighted by atomic mass is 16.5. The SMILES string of the molecule is COCC(=O)N1CC(=O)N2[C@H](C[C@@H](C(=O)N3CCCCC3)[C@H]2c2ccccc2)C1. The number of hydrogen-bond donors (Lipinski definition) is 0. The molecule has 0 aromatic heterocycles. The molecule has 1 aromatic carbocycles. The molecule has 0 aliphatic carbocycles. The van der Waals surface area contributed by atoms with Crippen LogP contribution in [-0.4, -0.2) is 78.4 Å². The van der Waals surface area contributed by atoms with Gasteiger partial charge in [0.2, 0.25) is 17.7 Å². The number of benzene rings is 1. The summed E-state index contributed by atoms with van der Waals surface area (Å²) < 4.78 is 4.96. The number of carbonyl (C=O) groups is 3. The van der Waals surface area contributed by atoms with E-state index < -0.39 is 0 Å². The summed E-state index contributed by atoms with van der Waals surface area (Å²) in [5.41, 5.74) is 0.996. The number of piperidine rings is 1. The third-order valence-corrected chi connectivity index (χ3v) is 6.39. The van der Waals surface area contributed by atoms with Gasteiger partial charge in [0.05, 0.1) is 24.5 Å². The highest BCUT2D eigenvalue weighted by molar-refractivity contribution is 5.89. The van der Waals surface area contributed by atoms with Crippen LogP contribution in [0.25, 0.3) is 0 Å². The zero-order chi connectivity index (χ0) is 20.4. The van der Waals surface area contributed by atoms with E-state index in [4.69, 9.17) is 4.74 Å². The van der Waals surface area contributed by atoms with Crippen molar-refractivity contribution in [3.8, 4) is 0 Å². The Labute approximate surface area is 171 Å². The number of rotatable bonds is 4. The smallest absolute Gasteiger partial charge is 0.249 e. The minimum Gasteiger partial charge on any atom is -0.375 e. The van der Waals surface area contributed by atoms with Crippen molar-refractivity contribution in [1.82, 2.24) is 14.7 Å². The van der Waals surface area contributed by atoms with Gasteiger partial charge in [-0.3, -0.25) is 14.4 Å². The molecule has 0 saturated carbocycles. The molecule has 3 aliphatic heterocycles. The van der Waals surface area contributed by atoms with Crippen molar-refractivity contribution in [2.75, 3.05) is 39.9 Å². The first-order valence-electron chi connectivity index (χ1n) is 10.5. The second-order valence-corrected chi connectivity index (χ2v) is 8.25. The van der Waals surface area contributed by atoms with Gasteiger partial charge in [-0.15, -0.1) is 0 Å². The van der Waals surface area contributed by atoms with Crippen LogP contribution in [0.4, 0.5) is 0 Å². The van der Waals surface area contributed by atoms with Crippen molar-refractivity contribution in [3.63, 3.8) is 0 Å². The van der Waals surface area contributed by atoms with Gasteiger partial charge >= 0.3 is 0 Å². The first-order chi connectivity index (χ1) is 14.1. The van der Waals surface area contributed by atoms with Gasteiger partial charge < -0.3 is 19.4 Å². The van der Waals surface area contributed by atoms with Crippen LogP contribution in [0.1, 0.15) is 37.3 Å². The predicted molar refractivity (Wildman–Crippen MR) is 107 cm³/mol. The Morgan fingerprint density at radius 1 is 1.07 bits per heavy atom. The third kappa shape index (κ3) is 3.88. The number of likely N-dealkylation sites (tertiary alicyclic amines) is 1. The molecule has 0 bridgehead atoms. The zero-order valence-corrected chi connectivity index (χ0v) is 17.0. The molecule has 3 fully saturated rings. The summed E-state index contributed by atoms with van der Waals surface area (Å²) in [5.74, 6) is -0.381. The van der Waals surface area contributed by atoms with Gasteiger partial charge in [-0.25, -0.2) is 0 Å². The fourth-order valence-electron chi connectivity index (χ4n) is 5.07. The topological polar surface area (TPSA) is 70.2 Å². The number of nitrogens with zero attached hydrogens (tertiary/aromatic N) is 3. The number of amides is 3. The molecule has 7 nitrogen and oxygen atoms in total. The number of hydrogen-bond acceptors (Lipinski definition) is 4.